The van der Waals surface area contributed by atoms with Crippen LogP contribution in [0, 0.1) is 6.92 Å². The molecule has 166 valence electrons. The molecule has 0 unspecified atom stereocenters. The van der Waals surface area contributed by atoms with E-state index < -0.39 is 10.0 Å². The average Bonchev–Trinajstić information content (AvgIpc) is 3.31. The molecule has 9 heteroatoms. The molecule has 31 heavy (non-hydrogen) atoms. The number of aromatic nitrogens is 3. The van der Waals surface area contributed by atoms with Crippen LogP contribution in [0.25, 0.3) is 11.0 Å². The molecule has 3 aromatic rings. The van der Waals surface area contributed by atoms with E-state index in [1.165, 1.54) is 16.6 Å². The van der Waals surface area contributed by atoms with E-state index in [1.54, 1.807) is 11.6 Å². The van der Waals surface area contributed by atoms with Crippen LogP contribution in [0.1, 0.15) is 42.0 Å². The van der Waals surface area contributed by atoms with Crippen LogP contribution < -0.4 is 5.32 Å². The molecule has 1 aromatic carbocycles. The molecule has 1 aliphatic heterocycles. The molecule has 0 spiro atoms. The highest BCUT2D eigenvalue weighted by molar-refractivity contribution is 7.89. The molecule has 0 atom stereocenters. The number of carbonyl (C=O) groups excluding carboxylic acids is 1. The third kappa shape index (κ3) is 4.38. The molecular formula is C22H29N5O3S. The van der Waals surface area contributed by atoms with Gasteiger partial charge in [0.05, 0.1) is 11.0 Å². The lowest BCUT2D eigenvalue weighted by Crippen LogP contribution is -2.35. The van der Waals surface area contributed by atoms with E-state index in [1.807, 2.05) is 31.2 Å². The second-order valence-electron chi connectivity index (χ2n) is 8.05. The summed E-state index contributed by atoms with van der Waals surface area (Å²) in [6, 6.07) is 9.48. The van der Waals surface area contributed by atoms with Crippen molar-refractivity contribution in [2.24, 2.45) is 7.05 Å². The molecule has 0 radical (unpaired) electrons. The van der Waals surface area contributed by atoms with Crippen molar-refractivity contribution in [3.63, 3.8) is 0 Å². The van der Waals surface area contributed by atoms with Crippen molar-refractivity contribution < 1.29 is 13.2 Å². The van der Waals surface area contributed by atoms with Gasteiger partial charge in [0.1, 0.15) is 16.4 Å². The van der Waals surface area contributed by atoms with Crippen molar-refractivity contribution in [3.8, 4) is 0 Å². The number of hydrogen-bond acceptors (Lipinski definition) is 4. The number of nitrogens with one attached hydrogen (secondary N) is 1. The number of piperidine rings is 1. The van der Waals surface area contributed by atoms with E-state index >= 15 is 0 Å². The van der Waals surface area contributed by atoms with Gasteiger partial charge in [0, 0.05) is 39.4 Å². The smallest absolute Gasteiger partial charge is 0.267 e. The first kappa shape index (κ1) is 21.6. The first-order valence-corrected chi connectivity index (χ1v) is 12.2. The predicted octanol–water partition coefficient (Wildman–Crippen LogP) is 2.68. The van der Waals surface area contributed by atoms with E-state index in [0.717, 1.165) is 49.1 Å². The Morgan fingerprint density at radius 1 is 1.16 bits per heavy atom. The van der Waals surface area contributed by atoms with Crippen LogP contribution in [0.4, 0.5) is 0 Å². The van der Waals surface area contributed by atoms with Gasteiger partial charge in [-0.25, -0.2) is 13.4 Å². The third-order valence-electron chi connectivity index (χ3n) is 5.85. The first-order valence-electron chi connectivity index (χ1n) is 10.7. The van der Waals surface area contributed by atoms with Gasteiger partial charge >= 0.3 is 0 Å². The Labute approximate surface area is 182 Å². The van der Waals surface area contributed by atoms with Crippen LogP contribution in [-0.4, -0.2) is 52.4 Å². The average molecular weight is 444 g/mol. The summed E-state index contributed by atoms with van der Waals surface area (Å²) in [5, 5.41) is 2.91. The zero-order valence-corrected chi connectivity index (χ0v) is 18.9. The van der Waals surface area contributed by atoms with Gasteiger partial charge in [-0.15, -0.1) is 0 Å². The van der Waals surface area contributed by atoms with Crippen LogP contribution in [0.3, 0.4) is 0 Å². The summed E-state index contributed by atoms with van der Waals surface area (Å²) < 4.78 is 31.0. The molecule has 1 amide bonds. The van der Waals surface area contributed by atoms with Crippen LogP contribution in [0.5, 0.6) is 0 Å². The van der Waals surface area contributed by atoms with E-state index in [0.29, 0.717) is 25.3 Å². The molecule has 0 bridgehead atoms. The second kappa shape index (κ2) is 8.84. The van der Waals surface area contributed by atoms with Crippen molar-refractivity contribution in [1.29, 1.82) is 0 Å². The lowest BCUT2D eigenvalue weighted by molar-refractivity contribution is 0.0944. The van der Waals surface area contributed by atoms with Gasteiger partial charge in [0.15, 0.2) is 0 Å². The Bertz CT molecular complexity index is 1190. The second-order valence-corrected chi connectivity index (χ2v) is 9.98. The predicted molar refractivity (Wildman–Crippen MR) is 119 cm³/mol. The summed E-state index contributed by atoms with van der Waals surface area (Å²) in [7, 11) is -1.86. The number of benzene rings is 1. The number of sulfonamides is 1. The number of aryl methyl sites for hydroxylation is 3. The molecule has 0 saturated carbocycles. The molecule has 1 aliphatic rings. The van der Waals surface area contributed by atoms with E-state index in [-0.39, 0.29) is 10.8 Å². The molecule has 2 aromatic heterocycles. The van der Waals surface area contributed by atoms with E-state index in [2.05, 4.69) is 14.9 Å². The minimum Gasteiger partial charge on any atom is -0.351 e. The van der Waals surface area contributed by atoms with Gasteiger partial charge in [-0.3, -0.25) is 4.79 Å². The summed E-state index contributed by atoms with van der Waals surface area (Å²) in [5.41, 5.74) is 2.40. The first-order chi connectivity index (χ1) is 14.9. The van der Waals surface area contributed by atoms with Gasteiger partial charge in [0.2, 0.25) is 10.0 Å². The van der Waals surface area contributed by atoms with Gasteiger partial charge in [-0.05, 0) is 44.4 Å². The summed E-state index contributed by atoms with van der Waals surface area (Å²) in [6.07, 6.45) is 5.09. The summed E-state index contributed by atoms with van der Waals surface area (Å²) in [6.45, 7) is 4.30. The highest BCUT2D eigenvalue weighted by Crippen LogP contribution is 2.22. The largest absolute Gasteiger partial charge is 0.351 e. The monoisotopic (exact) mass is 443 g/mol. The minimum atomic E-state index is -3.56. The fourth-order valence-electron chi connectivity index (χ4n) is 4.16. The van der Waals surface area contributed by atoms with Crippen LogP contribution in [0.15, 0.2) is 41.4 Å². The van der Waals surface area contributed by atoms with Crippen molar-refractivity contribution in [2.45, 2.75) is 44.0 Å². The number of imidazole rings is 1. The van der Waals surface area contributed by atoms with Gasteiger partial charge in [-0.2, -0.15) is 4.31 Å². The number of carbonyl (C=O) groups is 1. The Kier molecular flexibility index (Phi) is 6.15. The Balaban J connectivity index is 1.37. The SMILES string of the molecule is Cc1nc2ccccc2n1CCCNC(=O)c1cc(S(=O)(=O)N2CCCCC2)cn1C. The zero-order chi connectivity index (χ0) is 22.0. The molecule has 1 N–H and O–H groups in total. The third-order valence-corrected chi connectivity index (χ3v) is 7.72. The van der Waals surface area contributed by atoms with Gasteiger partial charge in [0.25, 0.3) is 5.91 Å². The van der Waals surface area contributed by atoms with Gasteiger partial charge in [-0.1, -0.05) is 18.6 Å². The van der Waals surface area contributed by atoms with E-state index in [4.69, 9.17) is 0 Å². The maximum Gasteiger partial charge on any atom is 0.267 e. The number of amides is 1. The lowest BCUT2D eigenvalue weighted by atomic mass is 10.2. The molecule has 4 rings (SSSR count). The topological polar surface area (TPSA) is 89.2 Å². The standard InChI is InChI=1S/C22H29N5O3S/c1-17-24-19-9-4-5-10-20(19)27(17)14-8-11-23-22(28)21-15-18(16-25(21)2)31(29,30)26-12-6-3-7-13-26/h4-5,9-10,15-16H,3,6-8,11-14H2,1-2H3,(H,23,28). The summed E-state index contributed by atoms with van der Waals surface area (Å²) in [4.78, 5) is 17.4. The van der Waals surface area contributed by atoms with Crippen LogP contribution in [-0.2, 0) is 23.6 Å². The van der Waals surface area contributed by atoms with Crippen molar-refractivity contribution in [3.05, 3.63) is 48.0 Å². The normalized spacial score (nSPS) is 15.4. The molecule has 8 nitrogen and oxygen atoms in total. The quantitative estimate of drug-likeness (QED) is 0.569. The molecule has 1 saturated heterocycles. The Hall–Kier alpha value is -2.65. The zero-order valence-electron chi connectivity index (χ0n) is 18.0. The van der Waals surface area contributed by atoms with Crippen LogP contribution >= 0.6 is 0 Å². The Morgan fingerprint density at radius 3 is 2.68 bits per heavy atom. The van der Waals surface area contributed by atoms with Crippen LogP contribution in [0.2, 0.25) is 0 Å². The fraction of sp³-hybridized carbons (Fsp3) is 0.455. The molecule has 1 fully saturated rings. The number of nitrogens with zero attached hydrogens (tertiary/aromatic N) is 4. The number of fused-ring (bicyclic) bond motifs is 1. The minimum absolute atomic E-state index is 0.183. The highest BCUT2D eigenvalue weighted by Gasteiger charge is 2.28. The van der Waals surface area contributed by atoms with Crippen molar-refractivity contribution in [1.82, 2.24) is 23.7 Å². The highest BCUT2D eigenvalue weighted by atomic mass is 32.2. The van der Waals surface area contributed by atoms with E-state index in [9.17, 15) is 13.2 Å². The number of hydrogen-bond donors (Lipinski definition) is 1. The lowest BCUT2D eigenvalue weighted by Gasteiger charge is -2.25. The maximum atomic E-state index is 12.9. The maximum absolute atomic E-state index is 12.9. The van der Waals surface area contributed by atoms with Gasteiger partial charge < -0.3 is 14.5 Å². The molecular weight excluding hydrogens is 414 g/mol. The van der Waals surface area contributed by atoms with Crippen molar-refractivity contribution >= 4 is 27.0 Å². The summed E-state index contributed by atoms with van der Waals surface area (Å²) >= 11 is 0. The molecule has 0 aliphatic carbocycles. The number of para-hydroxylation sites is 2. The Morgan fingerprint density at radius 2 is 1.90 bits per heavy atom. The molecule has 3 heterocycles. The number of rotatable bonds is 7. The fourth-order valence-corrected chi connectivity index (χ4v) is 5.75. The van der Waals surface area contributed by atoms with Crippen molar-refractivity contribution in [2.75, 3.05) is 19.6 Å². The summed E-state index contributed by atoms with van der Waals surface area (Å²) in [5.74, 6) is 0.678.